The van der Waals surface area contributed by atoms with Gasteiger partial charge in [0, 0.05) is 17.0 Å². The number of aryl methyl sites for hydroxylation is 1. The van der Waals surface area contributed by atoms with Crippen molar-refractivity contribution in [3.63, 3.8) is 0 Å². The molecule has 0 radical (unpaired) electrons. The van der Waals surface area contributed by atoms with Crippen LogP contribution < -0.4 is 5.32 Å². The zero-order valence-corrected chi connectivity index (χ0v) is 11.4. The van der Waals surface area contributed by atoms with Gasteiger partial charge in [-0.15, -0.1) is 11.3 Å². The Morgan fingerprint density at radius 3 is 2.29 bits per heavy atom. The molecule has 90 valence electrons. The number of hydrogen-bond acceptors (Lipinski definition) is 2. The van der Waals surface area contributed by atoms with E-state index in [1.807, 2.05) is 11.3 Å². The molecule has 0 aliphatic rings. The van der Waals surface area contributed by atoms with Crippen LogP contribution in [0.4, 0.5) is 0 Å². The van der Waals surface area contributed by atoms with Gasteiger partial charge < -0.3 is 5.32 Å². The molecule has 0 saturated heterocycles. The Balaban J connectivity index is 2.05. The molecule has 1 aromatic heterocycles. The highest BCUT2D eigenvalue weighted by atomic mass is 32.1. The first kappa shape index (κ1) is 12.3. The molecule has 2 rings (SSSR count). The maximum Gasteiger partial charge on any atom is 0.0393 e. The lowest BCUT2D eigenvalue weighted by Crippen LogP contribution is -2.22. The first-order chi connectivity index (χ1) is 8.18. The molecule has 0 bridgehead atoms. The third kappa shape index (κ3) is 2.96. The molecule has 0 fully saturated rings. The van der Waals surface area contributed by atoms with Crippen molar-refractivity contribution >= 4 is 11.3 Å². The van der Waals surface area contributed by atoms with Crippen LogP contribution >= 0.6 is 11.3 Å². The van der Waals surface area contributed by atoms with Gasteiger partial charge >= 0.3 is 0 Å². The molecule has 17 heavy (non-hydrogen) atoms. The van der Waals surface area contributed by atoms with E-state index in [1.165, 1.54) is 16.0 Å². The lowest BCUT2D eigenvalue weighted by molar-refractivity contribution is 0.499. The molecule has 0 saturated carbocycles. The summed E-state index contributed by atoms with van der Waals surface area (Å²) in [5.74, 6) is 0. The third-order valence-corrected chi connectivity index (χ3v) is 4.30. The van der Waals surface area contributed by atoms with Gasteiger partial charge in [0.15, 0.2) is 0 Å². The van der Waals surface area contributed by atoms with E-state index >= 15 is 0 Å². The number of nitrogens with one attached hydrogen (secondary N) is 1. The predicted octanol–water partition coefficient (Wildman–Crippen LogP) is 4.47. The summed E-state index contributed by atoms with van der Waals surface area (Å²) >= 11 is 1.83. The second-order valence-corrected chi connectivity index (χ2v) is 5.44. The quantitative estimate of drug-likeness (QED) is 0.838. The molecule has 2 atom stereocenters. The zero-order valence-electron chi connectivity index (χ0n) is 10.6. The van der Waals surface area contributed by atoms with E-state index < -0.39 is 0 Å². The SMILES string of the molecule is Cc1ccsc1C(C)NC(C)c1ccccc1. The van der Waals surface area contributed by atoms with Crippen LogP contribution in [-0.4, -0.2) is 0 Å². The van der Waals surface area contributed by atoms with E-state index in [9.17, 15) is 0 Å². The van der Waals surface area contributed by atoms with Crippen molar-refractivity contribution in [2.45, 2.75) is 32.9 Å². The standard InChI is InChI=1S/C15H19NS/c1-11-9-10-17-15(11)13(3)16-12(2)14-7-5-4-6-8-14/h4-10,12-13,16H,1-3H3. The molecular weight excluding hydrogens is 226 g/mol. The Hall–Kier alpha value is -1.12. The van der Waals surface area contributed by atoms with Crippen molar-refractivity contribution < 1.29 is 0 Å². The fourth-order valence-corrected chi connectivity index (χ4v) is 3.06. The summed E-state index contributed by atoms with van der Waals surface area (Å²) in [6.07, 6.45) is 0. The molecule has 1 heterocycles. The number of thiophene rings is 1. The third-order valence-electron chi connectivity index (χ3n) is 3.09. The molecule has 2 heteroatoms. The van der Waals surface area contributed by atoms with Gasteiger partial charge in [-0.2, -0.15) is 0 Å². The number of rotatable bonds is 4. The van der Waals surface area contributed by atoms with E-state index in [-0.39, 0.29) is 0 Å². The molecule has 0 aliphatic carbocycles. The minimum absolute atomic E-state index is 0.382. The lowest BCUT2D eigenvalue weighted by atomic mass is 10.1. The highest BCUT2D eigenvalue weighted by molar-refractivity contribution is 7.10. The Morgan fingerprint density at radius 2 is 1.71 bits per heavy atom. The summed E-state index contributed by atoms with van der Waals surface area (Å²) in [5.41, 5.74) is 2.73. The van der Waals surface area contributed by atoms with E-state index in [0.717, 1.165) is 0 Å². The summed E-state index contributed by atoms with van der Waals surface area (Å²) in [5, 5.41) is 5.81. The molecule has 2 aromatic rings. The largest absolute Gasteiger partial charge is 0.303 e. The minimum atomic E-state index is 0.382. The number of benzene rings is 1. The Kier molecular flexibility index (Phi) is 3.97. The van der Waals surface area contributed by atoms with Crippen molar-refractivity contribution in [1.82, 2.24) is 5.32 Å². The molecule has 0 amide bonds. The van der Waals surface area contributed by atoms with Crippen LogP contribution in [0.25, 0.3) is 0 Å². The highest BCUT2D eigenvalue weighted by Crippen LogP contribution is 2.26. The molecular formula is C15H19NS. The molecule has 1 nitrogen and oxygen atoms in total. The van der Waals surface area contributed by atoms with Gasteiger partial charge in [0.25, 0.3) is 0 Å². The van der Waals surface area contributed by atoms with Gasteiger partial charge in [0.1, 0.15) is 0 Å². The summed E-state index contributed by atoms with van der Waals surface area (Å²) < 4.78 is 0. The average molecular weight is 245 g/mol. The van der Waals surface area contributed by atoms with Crippen molar-refractivity contribution in [2.24, 2.45) is 0 Å². The summed E-state index contributed by atoms with van der Waals surface area (Å²) in [7, 11) is 0. The fourth-order valence-electron chi connectivity index (χ4n) is 2.12. The van der Waals surface area contributed by atoms with Gasteiger partial charge in [0.05, 0.1) is 0 Å². The molecule has 2 unspecified atom stereocenters. The Morgan fingerprint density at radius 1 is 1.00 bits per heavy atom. The van der Waals surface area contributed by atoms with E-state index in [4.69, 9.17) is 0 Å². The van der Waals surface area contributed by atoms with Crippen molar-refractivity contribution in [1.29, 1.82) is 0 Å². The van der Waals surface area contributed by atoms with Crippen LogP contribution in [-0.2, 0) is 0 Å². The van der Waals surface area contributed by atoms with Gasteiger partial charge in [-0.3, -0.25) is 0 Å². The second-order valence-electron chi connectivity index (χ2n) is 4.49. The number of hydrogen-bond donors (Lipinski definition) is 1. The summed E-state index contributed by atoms with van der Waals surface area (Å²) in [4.78, 5) is 1.44. The molecule has 0 aliphatic heterocycles. The fraction of sp³-hybridized carbons (Fsp3) is 0.333. The monoisotopic (exact) mass is 245 g/mol. The second kappa shape index (κ2) is 5.48. The van der Waals surface area contributed by atoms with E-state index in [0.29, 0.717) is 12.1 Å². The maximum atomic E-state index is 3.65. The Bertz CT molecular complexity index is 461. The predicted molar refractivity (Wildman–Crippen MR) is 75.5 cm³/mol. The van der Waals surface area contributed by atoms with Crippen LogP contribution in [0.1, 0.15) is 41.9 Å². The van der Waals surface area contributed by atoms with Gasteiger partial charge in [0.2, 0.25) is 0 Å². The van der Waals surface area contributed by atoms with Gasteiger partial charge in [-0.1, -0.05) is 30.3 Å². The molecule has 1 aromatic carbocycles. The highest BCUT2D eigenvalue weighted by Gasteiger charge is 2.13. The lowest BCUT2D eigenvalue weighted by Gasteiger charge is -2.20. The Labute approximate surface area is 108 Å². The van der Waals surface area contributed by atoms with Crippen molar-refractivity contribution in [2.75, 3.05) is 0 Å². The average Bonchev–Trinajstić information content (AvgIpc) is 2.76. The first-order valence-electron chi connectivity index (χ1n) is 6.03. The molecule has 0 spiro atoms. The maximum absolute atomic E-state index is 3.65. The smallest absolute Gasteiger partial charge is 0.0393 e. The van der Waals surface area contributed by atoms with Crippen LogP contribution in [0.5, 0.6) is 0 Å². The van der Waals surface area contributed by atoms with Crippen LogP contribution in [0, 0.1) is 6.92 Å². The topological polar surface area (TPSA) is 12.0 Å². The van der Waals surface area contributed by atoms with Crippen molar-refractivity contribution in [3.8, 4) is 0 Å². The van der Waals surface area contributed by atoms with Crippen LogP contribution in [0.2, 0.25) is 0 Å². The van der Waals surface area contributed by atoms with Crippen molar-refractivity contribution in [3.05, 3.63) is 57.8 Å². The molecule has 1 N–H and O–H groups in total. The summed E-state index contributed by atoms with van der Waals surface area (Å²) in [6, 6.07) is 13.6. The van der Waals surface area contributed by atoms with Crippen LogP contribution in [0.3, 0.4) is 0 Å². The van der Waals surface area contributed by atoms with E-state index in [2.05, 4.69) is 67.9 Å². The normalized spacial score (nSPS) is 14.5. The minimum Gasteiger partial charge on any atom is -0.303 e. The van der Waals surface area contributed by atoms with Gasteiger partial charge in [-0.05, 0) is 43.3 Å². The van der Waals surface area contributed by atoms with Gasteiger partial charge in [-0.25, -0.2) is 0 Å². The van der Waals surface area contributed by atoms with E-state index in [1.54, 1.807) is 0 Å². The summed E-state index contributed by atoms with van der Waals surface area (Å²) in [6.45, 7) is 6.63. The van der Waals surface area contributed by atoms with Crippen LogP contribution in [0.15, 0.2) is 41.8 Å². The zero-order chi connectivity index (χ0) is 12.3. The first-order valence-corrected chi connectivity index (χ1v) is 6.91.